The number of primary amides is 1. The van der Waals surface area contributed by atoms with Crippen LogP contribution in [-0.4, -0.2) is 68.6 Å². The van der Waals surface area contributed by atoms with E-state index in [1.165, 1.54) is 18.2 Å². The summed E-state index contributed by atoms with van der Waals surface area (Å²) in [5, 5.41) is 2.99. The normalized spacial score (nSPS) is 18.0. The molecular weight excluding hydrogens is 521 g/mol. The molecule has 3 heterocycles. The number of halogens is 3. The molecule has 1 saturated heterocycles. The Labute approximate surface area is 209 Å². The summed E-state index contributed by atoms with van der Waals surface area (Å²) in [5.41, 5.74) is 4.34. The average molecular weight is 545 g/mol. The second-order valence-corrected chi connectivity index (χ2v) is 10.7. The Bertz CT molecular complexity index is 1280. The summed E-state index contributed by atoms with van der Waals surface area (Å²) >= 11 is 0.954. The number of hydrogen-bond donors (Lipinski definition) is 3. The molecule has 4 rings (SSSR count). The zero-order chi connectivity index (χ0) is 25.9. The van der Waals surface area contributed by atoms with Crippen LogP contribution in [0.25, 0.3) is 5.57 Å². The van der Waals surface area contributed by atoms with E-state index in [1.54, 1.807) is 0 Å². The molecule has 0 aliphatic carbocycles. The van der Waals surface area contributed by atoms with Gasteiger partial charge in [-0.15, -0.1) is 0 Å². The van der Waals surface area contributed by atoms with E-state index in [9.17, 15) is 26.4 Å². The number of anilines is 1. The molecule has 0 atom stereocenters. The number of hydrogen-bond acceptors (Lipinski definition) is 9. The first-order chi connectivity index (χ1) is 17.0. The number of carbonyl (C=O) groups is 1. The molecule has 2 aromatic rings. The number of nitrogens with one attached hydrogen (secondary N) is 2. The quantitative estimate of drug-likeness (QED) is 0.336. The number of carbonyl (C=O) groups excluding carboxylic acids is 1. The first-order valence-electron chi connectivity index (χ1n) is 10.9. The van der Waals surface area contributed by atoms with Crippen molar-refractivity contribution in [1.29, 1.82) is 0 Å². The van der Waals surface area contributed by atoms with Crippen molar-refractivity contribution < 1.29 is 31.1 Å². The number of thioether (sulfide) groups is 1. The molecule has 194 valence electrons. The van der Waals surface area contributed by atoms with Crippen molar-refractivity contribution in [3.05, 3.63) is 47.0 Å². The Balaban J connectivity index is 1.49. The first kappa shape index (κ1) is 26.3. The van der Waals surface area contributed by atoms with E-state index in [1.807, 2.05) is 0 Å². The molecule has 1 aromatic carbocycles. The van der Waals surface area contributed by atoms with Crippen LogP contribution in [0.1, 0.15) is 17.9 Å². The van der Waals surface area contributed by atoms with Crippen molar-refractivity contribution in [2.75, 3.05) is 44.7 Å². The minimum atomic E-state index is -4.73. The van der Waals surface area contributed by atoms with Gasteiger partial charge in [0.05, 0.1) is 28.8 Å². The summed E-state index contributed by atoms with van der Waals surface area (Å²) in [7, 11) is -3.80. The smallest absolute Gasteiger partial charge is 0.379 e. The van der Waals surface area contributed by atoms with E-state index >= 15 is 0 Å². The first-order valence-corrected chi connectivity index (χ1v) is 13.2. The largest absolute Gasteiger partial charge is 0.433 e. The molecule has 0 spiro atoms. The van der Waals surface area contributed by atoms with Crippen LogP contribution in [0.2, 0.25) is 0 Å². The zero-order valence-electron chi connectivity index (χ0n) is 18.8. The third-order valence-electron chi connectivity index (χ3n) is 5.41. The van der Waals surface area contributed by atoms with Gasteiger partial charge in [-0.2, -0.15) is 13.2 Å². The highest BCUT2D eigenvalue weighted by atomic mass is 32.2. The van der Waals surface area contributed by atoms with E-state index in [0.717, 1.165) is 37.6 Å². The van der Waals surface area contributed by atoms with Gasteiger partial charge < -0.3 is 15.8 Å². The van der Waals surface area contributed by atoms with Gasteiger partial charge >= 0.3 is 6.18 Å². The third kappa shape index (κ3) is 6.15. The van der Waals surface area contributed by atoms with Gasteiger partial charge in [0.25, 0.3) is 5.91 Å². The summed E-state index contributed by atoms with van der Waals surface area (Å²) in [6.07, 6.45) is -3.22. The van der Waals surface area contributed by atoms with Crippen LogP contribution in [-0.2, 0) is 25.7 Å². The van der Waals surface area contributed by atoms with Crippen molar-refractivity contribution >= 4 is 39.0 Å². The van der Waals surface area contributed by atoms with Gasteiger partial charge in [-0.25, -0.2) is 23.1 Å². The molecule has 1 aromatic heterocycles. The molecule has 4 N–H and O–H groups in total. The van der Waals surface area contributed by atoms with E-state index in [-0.39, 0.29) is 22.0 Å². The molecule has 1 amide bonds. The molecule has 0 bridgehead atoms. The van der Waals surface area contributed by atoms with Gasteiger partial charge in [-0.3, -0.25) is 9.69 Å². The van der Waals surface area contributed by atoms with Crippen molar-refractivity contribution in [1.82, 2.24) is 19.6 Å². The molecule has 0 saturated carbocycles. The standard InChI is InChI=1S/C21H23F3N6O4S2/c22-21(23,24)16-4-6-26-19(29-16)17(18(25)31)20-28-14-3-2-13(12-15(14)35-20)36(32,33)27-5-1-7-30-8-10-34-11-9-30/h2-4,6,12,27-28H,1,5,7-11H2,(H2,25,31)/b20-17-. The predicted molar refractivity (Wildman–Crippen MR) is 126 cm³/mol. The second kappa shape index (κ2) is 10.7. The summed E-state index contributed by atoms with van der Waals surface area (Å²) in [5.74, 6) is -1.53. The Morgan fingerprint density at radius 2 is 2.00 bits per heavy atom. The van der Waals surface area contributed by atoms with Crippen molar-refractivity contribution in [3.63, 3.8) is 0 Å². The monoisotopic (exact) mass is 544 g/mol. The van der Waals surface area contributed by atoms with E-state index in [2.05, 4.69) is 24.9 Å². The molecule has 2 aliphatic rings. The second-order valence-electron chi connectivity index (χ2n) is 7.92. The number of benzene rings is 1. The molecule has 36 heavy (non-hydrogen) atoms. The zero-order valence-corrected chi connectivity index (χ0v) is 20.5. The maximum Gasteiger partial charge on any atom is 0.433 e. The highest BCUT2D eigenvalue weighted by Gasteiger charge is 2.34. The van der Waals surface area contributed by atoms with Crippen molar-refractivity contribution in [2.45, 2.75) is 22.4 Å². The Morgan fingerprint density at radius 1 is 1.25 bits per heavy atom. The highest BCUT2D eigenvalue weighted by molar-refractivity contribution is 8.04. The number of alkyl halides is 3. The fraction of sp³-hybridized carbons (Fsp3) is 0.381. The van der Waals surface area contributed by atoms with Crippen LogP contribution in [0, 0.1) is 0 Å². The highest BCUT2D eigenvalue weighted by Crippen LogP contribution is 2.44. The van der Waals surface area contributed by atoms with E-state index in [4.69, 9.17) is 10.5 Å². The van der Waals surface area contributed by atoms with Gasteiger partial charge in [0.2, 0.25) is 10.0 Å². The number of rotatable bonds is 8. The number of ether oxygens (including phenoxy) is 1. The predicted octanol–water partition coefficient (Wildman–Crippen LogP) is 1.87. The summed E-state index contributed by atoms with van der Waals surface area (Å²) in [6.45, 7) is 3.97. The Hall–Kier alpha value is -2.72. The lowest BCUT2D eigenvalue weighted by molar-refractivity contribution is -0.141. The summed E-state index contributed by atoms with van der Waals surface area (Å²) in [4.78, 5) is 22.0. The lowest BCUT2D eigenvalue weighted by Gasteiger charge is -2.26. The van der Waals surface area contributed by atoms with Gasteiger partial charge in [0, 0.05) is 30.7 Å². The molecular formula is C21H23F3N6O4S2. The van der Waals surface area contributed by atoms with Crippen LogP contribution in [0.4, 0.5) is 18.9 Å². The fourth-order valence-electron chi connectivity index (χ4n) is 3.61. The number of amides is 1. The lowest BCUT2D eigenvalue weighted by atomic mass is 10.2. The molecule has 2 aliphatic heterocycles. The topological polar surface area (TPSA) is 140 Å². The number of nitrogens with zero attached hydrogens (tertiary/aromatic N) is 3. The number of fused-ring (bicyclic) bond motifs is 1. The van der Waals surface area contributed by atoms with Crippen LogP contribution >= 0.6 is 11.8 Å². The van der Waals surface area contributed by atoms with Gasteiger partial charge in [0.1, 0.15) is 11.3 Å². The molecule has 10 nitrogen and oxygen atoms in total. The fourth-order valence-corrected chi connectivity index (χ4v) is 5.87. The van der Waals surface area contributed by atoms with E-state index in [0.29, 0.717) is 36.3 Å². The minimum Gasteiger partial charge on any atom is -0.379 e. The van der Waals surface area contributed by atoms with Crippen molar-refractivity contribution in [2.24, 2.45) is 5.73 Å². The van der Waals surface area contributed by atoms with Gasteiger partial charge in [-0.05, 0) is 37.2 Å². The molecule has 0 unspecified atom stereocenters. The van der Waals surface area contributed by atoms with Crippen LogP contribution in [0.5, 0.6) is 0 Å². The number of sulfonamides is 1. The summed E-state index contributed by atoms with van der Waals surface area (Å²) < 4.78 is 72.6. The number of morpholine rings is 1. The van der Waals surface area contributed by atoms with Crippen LogP contribution in [0.3, 0.4) is 0 Å². The maximum atomic E-state index is 13.1. The third-order valence-corrected chi connectivity index (χ3v) is 7.94. The van der Waals surface area contributed by atoms with E-state index < -0.39 is 33.6 Å². The minimum absolute atomic E-state index is 0.0131. The van der Waals surface area contributed by atoms with Gasteiger partial charge in [-0.1, -0.05) is 11.8 Å². The molecule has 0 radical (unpaired) electrons. The van der Waals surface area contributed by atoms with Gasteiger partial charge in [0.15, 0.2) is 5.82 Å². The summed E-state index contributed by atoms with van der Waals surface area (Å²) in [6, 6.07) is 4.99. The number of nitrogens with two attached hydrogens (primary N) is 1. The maximum absolute atomic E-state index is 13.1. The number of aromatic nitrogens is 2. The lowest BCUT2D eigenvalue weighted by Crippen LogP contribution is -2.38. The molecule has 15 heteroatoms. The van der Waals surface area contributed by atoms with Crippen molar-refractivity contribution in [3.8, 4) is 0 Å². The Morgan fingerprint density at radius 3 is 2.69 bits per heavy atom. The van der Waals surface area contributed by atoms with Crippen LogP contribution < -0.4 is 15.8 Å². The average Bonchev–Trinajstić information content (AvgIpc) is 3.25. The Kier molecular flexibility index (Phi) is 7.85. The van der Waals surface area contributed by atoms with Crippen LogP contribution in [0.15, 0.2) is 45.3 Å². The molecule has 1 fully saturated rings. The SMILES string of the molecule is NC(=O)/C(=C1\Nc2ccc(S(=O)(=O)NCCCN3CCOCC3)cc2S1)c1nccc(C(F)(F)F)n1.